The van der Waals surface area contributed by atoms with Gasteiger partial charge in [0.2, 0.25) is 0 Å². The van der Waals surface area contributed by atoms with E-state index in [1.165, 1.54) is 25.5 Å². The van der Waals surface area contributed by atoms with Crippen molar-refractivity contribution in [2.45, 2.75) is 45.1 Å². The minimum atomic E-state index is -0.0149. The van der Waals surface area contributed by atoms with Crippen molar-refractivity contribution in [2.75, 3.05) is 6.54 Å². The Morgan fingerprint density at radius 1 is 1.42 bits per heavy atom. The number of aromatic nitrogens is 1. The van der Waals surface area contributed by atoms with E-state index in [2.05, 4.69) is 4.98 Å². The Balaban J connectivity index is 2.12. The van der Waals surface area contributed by atoms with Crippen LogP contribution in [0.4, 0.5) is 0 Å². The molecule has 1 heterocycles. The van der Waals surface area contributed by atoms with Gasteiger partial charge in [-0.1, -0.05) is 19.3 Å². The second kappa shape index (κ2) is 6.33. The molecule has 4 nitrogen and oxygen atoms in total. The van der Waals surface area contributed by atoms with Crippen molar-refractivity contribution in [1.82, 2.24) is 9.88 Å². The lowest BCUT2D eigenvalue weighted by Gasteiger charge is -2.33. The maximum Gasteiger partial charge on any atom is 0.272 e. The molecule has 100 valence electrons. The summed E-state index contributed by atoms with van der Waals surface area (Å²) < 4.78 is 0. The van der Waals surface area contributed by atoms with E-state index < -0.39 is 0 Å². The zero-order chi connectivity index (χ0) is 13.7. The van der Waals surface area contributed by atoms with E-state index in [1.807, 2.05) is 17.9 Å². The molecule has 0 aliphatic heterocycles. The number of pyridine rings is 1. The predicted octanol–water partition coefficient (Wildman–Crippen LogP) is 2.75. The standard InChI is InChI=1S/C15H19N3O/c1-2-18(13-6-4-3-5-7-13)15(19)14-9-8-12(10-16)11-17-14/h8-9,11,13H,2-7H2,1H3. The fraction of sp³-hybridized carbons (Fsp3) is 0.533. The van der Waals surface area contributed by atoms with Crippen LogP contribution in [-0.2, 0) is 0 Å². The van der Waals surface area contributed by atoms with Gasteiger partial charge >= 0.3 is 0 Å². The van der Waals surface area contributed by atoms with Gasteiger partial charge < -0.3 is 4.90 Å². The monoisotopic (exact) mass is 257 g/mol. The van der Waals surface area contributed by atoms with Gasteiger partial charge in [-0.25, -0.2) is 4.98 Å². The molecule has 2 rings (SSSR count). The largest absolute Gasteiger partial charge is 0.335 e. The van der Waals surface area contributed by atoms with Gasteiger partial charge in [-0.15, -0.1) is 0 Å². The molecule has 0 N–H and O–H groups in total. The van der Waals surface area contributed by atoms with Crippen LogP contribution in [0.5, 0.6) is 0 Å². The van der Waals surface area contributed by atoms with Gasteiger partial charge in [0.05, 0.1) is 5.56 Å². The number of nitriles is 1. The first-order chi connectivity index (χ1) is 9.26. The minimum Gasteiger partial charge on any atom is -0.335 e. The number of rotatable bonds is 3. The Labute approximate surface area is 114 Å². The molecule has 1 saturated carbocycles. The number of carbonyl (C=O) groups is 1. The molecule has 1 aliphatic carbocycles. The summed E-state index contributed by atoms with van der Waals surface area (Å²) in [5.74, 6) is -0.0149. The van der Waals surface area contributed by atoms with Gasteiger partial charge in [0.1, 0.15) is 11.8 Å². The van der Waals surface area contributed by atoms with Crippen molar-refractivity contribution in [3.8, 4) is 6.07 Å². The highest BCUT2D eigenvalue weighted by Crippen LogP contribution is 2.23. The third-order valence-corrected chi connectivity index (χ3v) is 3.73. The van der Waals surface area contributed by atoms with Crippen LogP contribution in [0.3, 0.4) is 0 Å². The highest BCUT2D eigenvalue weighted by atomic mass is 16.2. The fourth-order valence-corrected chi connectivity index (χ4v) is 2.69. The summed E-state index contributed by atoms with van der Waals surface area (Å²) in [6, 6.07) is 5.66. The molecule has 0 bridgehead atoms. The van der Waals surface area contributed by atoms with E-state index in [0.29, 0.717) is 23.8 Å². The van der Waals surface area contributed by atoms with E-state index in [1.54, 1.807) is 12.1 Å². The summed E-state index contributed by atoms with van der Waals surface area (Å²) in [7, 11) is 0. The number of hydrogen-bond donors (Lipinski definition) is 0. The Morgan fingerprint density at radius 3 is 2.68 bits per heavy atom. The third kappa shape index (κ3) is 3.11. The molecule has 4 heteroatoms. The van der Waals surface area contributed by atoms with Gasteiger partial charge in [0.25, 0.3) is 5.91 Å². The summed E-state index contributed by atoms with van der Waals surface area (Å²) in [4.78, 5) is 18.5. The second-order valence-corrected chi connectivity index (χ2v) is 4.93. The van der Waals surface area contributed by atoms with Crippen LogP contribution < -0.4 is 0 Å². The van der Waals surface area contributed by atoms with E-state index >= 15 is 0 Å². The van der Waals surface area contributed by atoms with Gasteiger partial charge in [0.15, 0.2) is 0 Å². The topological polar surface area (TPSA) is 57.0 Å². The summed E-state index contributed by atoms with van der Waals surface area (Å²) in [5, 5.41) is 8.74. The molecule has 0 spiro atoms. The van der Waals surface area contributed by atoms with Crippen LogP contribution in [0, 0.1) is 11.3 Å². The predicted molar refractivity (Wildman–Crippen MR) is 72.5 cm³/mol. The smallest absolute Gasteiger partial charge is 0.272 e. The fourth-order valence-electron chi connectivity index (χ4n) is 2.69. The van der Waals surface area contributed by atoms with Gasteiger partial charge in [-0.3, -0.25) is 4.79 Å². The second-order valence-electron chi connectivity index (χ2n) is 4.93. The molecule has 1 amide bonds. The molecule has 0 aromatic carbocycles. The SMILES string of the molecule is CCN(C(=O)c1ccc(C#N)cn1)C1CCCCC1. The van der Waals surface area contributed by atoms with Crippen LogP contribution >= 0.6 is 0 Å². The summed E-state index contributed by atoms with van der Waals surface area (Å²) >= 11 is 0. The van der Waals surface area contributed by atoms with Crippen LogP contribution in [0.2, 0.25) is 0 Å². The first kappa shape index (κ1) is 13.5. The maximum absolute atomic E-state index is 12.5. The van der Waals surface area contributed by atoms with E-state index in [0.717, 1.165) is 12.8 Å². The minimum absolute atomic E-state index is 0.0149. The Hall–Kier alpha value is -1.89. The van der Waals surface area contributed by atoms with Crippen LogP contribution in [0.15, 0.2) is 18.3 Å². The van der Waals surface area contributed by atoms with Crippen molar-refractivity contribution in [3.63, 3.8) is 0 Å². The third-order valence-electron chi connectivity index (χ3n) is 3.73. The number of hydrogen-bond acceptors (Lipinski definition) is 3. The zero-order valence-electron chi connectivity index (χ0n) is 11.3. The summed E-state index contributed by atoms with van der Waals surface area (Å²) in [5.41, 5.74) is 0.920. The lowest BCUT2D eigenvalue weighted by molar-refractivity contribution is 0.0642. The average Bonchev–Trinajstić information content (AvgIpc) is 2.49. The molecule has 1 aromatic heterocycles. The first-order valence-corrected chi connectivity index (χ1v) is 6.93. The number of nitrogens with zero attached hydrogens (tertiary/aromatic N) is 3. The maximum atomic E-state index is 12.5. The normalized spacial score (nSPS) is 15.8. The van der Waals surface area contributed by atoms with Gasteiger partial charge in [-0.05, 0) is 31.9 Å². The lowest BCUT2D eigenvalue weighted by atomic mass is 9.94. The molecule has 0 radical (unpaired) electrons. The Morgan fingerprint density at radius 2 is 2.16 bits per heavy atom. The number of amides is 1. The number of carbonyl (C=O) groups excluding carboxylic acids is 1. The van der Waals surface area contributed by atoms with E-state index in [-0.39, 0.29) is 5.91 Å². The molecule has 0 atom stereocenters. The van der Waals surface area contributed by atoms with E-state index in [9.17, 15) is 4.79 Å². The molecule has 0 saturated heterocycles. The zero-order valence-corrected chi connectivity index (χ0v) is 11.3. The molecule has 19 heavy (non-hydrogen) atoms. The lowest BCUT2D eigenvalue weighted by Crippen LogP contribution is -2.41. The van der Waals surface area contributed by atoms with Gasteiger partial charge in [-0.2, -0.15) is 5.26 Å². The summed E-state index contributed by atoms with van der Waals surface area (Å²) in [6.07, 6.45) is 7.33. The highest BCUT2D eigenvalue weighted by Gasteiger charge is 2.25. The molecule has 1 aliphatic rings. The van der Waals surface area contributed by atoms with Crippen molar-refractivity contribution in [3.05, 3.63) is 29.6 Å². The molecule has 1 aromatic rings. The van der Waals surface area contributed by atoms with Crippen molar-refractivity contribution in [2.24, 2.45) is 0 Å². The van der Waals surface area contributed by atoms with Crippen LogP contribution in [0.25, 0.3) is 0 Å². The average molecular weight is 257 g/mol. The molecular weight excluding hydrogens is 238 g/mol. The van der Waals surface area contributed by atoms with Crippen molar-refractivity contribution < 1.29 is 4.79 Å². The Kier molecular flexibility index (Phi) is 4.51. The molecule has 1 fully saturated rings. The first-order valence-electron chi connectivity index (χ1n) is 6.93. The highest BCUT2D eigenvalue weighted by molar-refractivity contribution is 5.92. The van der Waals surface area contributed by atoms with Gasteiger partial charge in [0, 0.05) is 18.8 Å². The van der Waals surface area contributed by atoms with Crippen LogP contribution in [-0.4, -0.2) is 28.4 Å². The van der Waals surface area contributed by atoms with E-state index in [4.69, 9.17) is 5.26 Å². The van der Waals surface area contributed by atoms with Crippen molar-refractivity contribution >= 4 is 5.91 Å². The summed E-state index contributed by atoms with van der Waals surface area (Å²) in [6.45, 7) is 2.72. The quantitative estimate of drug-likeness (QED) is 0.836. The van der Waals surface area contributed by atoms with Crippen LogP contribution in [0.1, 0.15) is 55.1 Å². The Bertz CT molecular complexity index is 469. The van der Waals surface area contributed by atoms with Crippen molar-refractivity contribution in [1.29, 1.82) is 5.26 Å². The molecular formula is C15H19N3O. The molecule has 0 unspecified atom stereocenters.